The van der Waals surface area contributed by atoms with Crippen molar-refractivity contribution in [1.82, 2.24) is 0 Å². The van der Waals surface area contributed by atoms with Gasteiger partial charge >= 0.3 is 0 Å². The van der Waals surface area contributed by atoms with E-state index in [4.69, 9.17) is 15.2 Å². The Labute approximate surface area is 102 Å². The van der Waals surface area contributed by atoms with Gasteiger partial charge in [0.25, 0.3) is 0 Å². The molecule has 1 saturated carbocycles. The average molecular weight is 233 g/mol. The molecule has 3 nitrogen and oxygen atoms in total. The second-order valence-corrected chi connectivity index (χ2v) is 5.27. The minimum atomic E-state index is 0.133. The molecule has 0 radical (unpaired) electrons. The lowest BCUT2D eigenvalue weighted by molar-refractivity contribution is 0.168. The predicted molar refractivity (Wildman–Crippen MR) is 66.6 cm³/mol. The minimum Gasteiger partial charge on any atom is -0.454 e. The van der Waals surface area contributed by atoms with E-state index in [9.17, 15) is 0 Å². The fourth-order valence-corrected chi connectivity index (χ4v) is 3.06. The molecule has 2 aliphatic rings. The Kier molecular flexibility index (Phi) is 2.33. The van der Waals surface area contributed by atoms with E-state index in [0.29, 0.717) is 13.3 Å². The van der Waals surface area contributed by atoms with Crippen LogP contribution in [0.25, 0.3) is 0 Å². The molecule has 0 amide bonds. The molecule has 1 aromatic rings. The SMILES string of the molecule is Cc1cc2c(c(C3(CN)CCC3)c1C)OCO2. The van der Waals surface area contributed by atoms with E-state index in [2.05, 4.69) is 19.9 Å². The molecule has 1 aliphatic heterocycles. The quantitative estimate of drug-likeness (QED) is 0.853. The number of rotatable bonds is 2. The number of hydrogen-bond donors (Lipinski definition) is 1. The van der Waals surface area contributed by atoms with Crippen LogP contribution in [0.15, 0.2) is 6.07 Å². The Morgan fingerprint density at radius 1 is 1.29 bits per heavy atom. The van der Waals surface area contributed by atoms with Crippen molar-refractivity contribution >= 4 is 0 Å². The third kappa shape index (κ3) is 1.38. The number of ether oxygens (including phenoxy) is 2. The third-order valence-corrected chi connectivity index (χ3v) is 4.41. The lowest BCUT2D eigenvalue weighted by Crippen LogP contribution is -2.42. The van der Waals surface area contributed by atoms with Gasteiger partial charge in [-0.2, -0.15) is 0 Å². The van der Waals surface area contributed by atoms with E-state index < -0.39 is 0 Å². The number of nitrogens with two attached hydrogens (primary N) is 1. The van der Waals surface area contributed by atoms with Crippen molar-refractivity contribution in [3.63, 3.8) is 0 Å². The van der Waals surface area contributed by atoms with Gasteiger partial charge in [0, 0.05) is 17.5 Å². The highest BCUT2D eigenvalue weighted by Gasteiger charge is 2.42. The van der Waals surface area contributed by atoms with Crippen LogP contribution in [0, 0.1) is 13.8 Å². The van der Waals surface area contributed by atoms with Gasteiger partial charge in [-0.1, -0.05) is 6.42 Å². The van der Waals surface area contributed by atoms with Crippen LogP contribution in [0.4, 0.5) is 0 Å². The maximum Gasteiger partial charge on any atom is 0.231 e. The van der Waals surface area contributed by atoms with Gasteiger partial charge in [0.15, 0.2) is 11.5 Å². The Morgan fingerprint density at radius 2 is 2.06 bits per heavy atom. The molecule has 0 unspecified atom stereocenters. The van der Waals surface area contributed by atoms with Crippen molar-refractivity contribution in [3.8, 4) is 11.5 Å². The Morgan fingerprint density at radius 3 is 2.65 bits per heavy atom. The highest BCUT2D eigenvalue weighted by molar-refractivity contribution is 5.58. The van der Waals surface area contributed by atoms with Crippen molar-refractivity contribution in [2.45, 2.75) is 38.5 Å². The van der Waals surface area contributed by atoms with Crippen molar-refractivity contribution in [3.05, 3.63) is 22.8 Å². The largest absolute Gasteiger partial charge is 0.454 e. The van der Waals surface area contributed by atoms with Crippen LogP contribution in [-0.4, -0.2) is 13.3 Å². The molecule has 0 bridgehead atoms. The first-order valence-electron chi connectivity index (χ1n) is 6.28. The predicted octanol–water partition coefficient (Wildman–Crippen LogP) is 2.41. The molecule has 2 N–H and O–H groups in total. The molecule has 1 heterocycles. The van der Waals surface area contributed by atoms with Crippen molar-refractivity contribution in [1.29, 1.82) is 0 Å². The highest BCUT2D eigenvalue weighted by Crippen LogP contribution is 2.52. The summed E-state index contributed by atoms with van der Waals surface area (Å²) in [5, 5.41) is 0. The standard InChI is InChI=1S/C14H19NO2/c1-9-6-11-13(17-8-16-11)12(10(9)2)14(7-15)4-3-5-14/h6H,3-5,7-8,15H2,1-2H3. The van der Waals surface area contributed by atoms with Gasteiger partial charge in [0.05, 0.1) is 0 Å². The van der Waals surface area contributed by atoms with Crippen LogP contribution in [0.3, 0.4) is 0 Å². The third-order valence-electron chi connectivity index (χ3n) is 4.41. The summed E-state index contributed by atoms with van der Waals surface area (Å²) >= 11 is 0. The summed E-state index contributed by atoms with van der Waals surface area (Å²) in [6.07, 6.45) is 3.60. The molecule has 1 aliphatic carbocycles. The molecule has 17 heavy (non-hydrogen) atoms. The van der Waals surface area contributed by atoms with E-state index >= 15 is 0 Å². The van der Waals surface area contributed by atoms with E-state index in [1.807, 2.05) is 0 Å². The topological polar surface area (TPSA) is 44.5 Å². The zero-order valence-electron chi connectivity index (χ0n) is 10.5. The van der Waals surface area contributed by atoms with Gasteiger partial charge in [-0.05, 0) is 43.9 Å². The maximum absolute atomic E-state index is 6.02. The summed E-state index contributed by atoms with van der Waals surface area (Å²) in [7, 11) is 0. The summed E-state index contributed by atoms with van der Waals surface area (Å²) in [5.41, 5.74) is 10.0. The normalized spacial score (nSPS) is 20.2. The van der Waals surface area contributed by atoms with Gasteiger partial charge < -0.3 is 15.2 Å². The van der Waals surface area contributed by atoms with Crippen LogP contribution in [-0.2, 0) is 5.41 Å². The van der Waals surface area contributed by atoms with Crippen LogP contribution in [0.2, 0.25) is 0 Å². The summed E-state index contributed by atoms with van der Waals surface area (Å²) < 4.78 is 11.2. The van der Waals surface area contributed by atoms with Crippen LogP contribution < -0.4 is 15.2 Å². The van der Waals surface area contributed by atoms with Crippen LogP contribution >= 0.6 is 0 Å². The molecule has 3 heteroatoms. The Balaban J connectivity index is 2.21. The summed E-state index contributed by atoms with van der Waals surface area (Å²) in [5.74, 6) is 1.83. The van der Waals surface area contributed by atoms with E-state index in [-0.39, 0.29) is 5.41 Å². The van der Waals surface area contributed by atoms with Gasteiger partial charge in [-0.3, -0.25) is 0 Å². The maximum atomic E-state index is 6.02. The smallest absolute Gasteiger partial charge is 0.231 e. The zero-order valence-corrected chi connectivity index (χ0v) is 10.5. The van der Waals surface area contributed by atoms with E-state index in [1.54, 1.807) is 0 Å². The molecule has 0 aromatic heterocycles. The number of fused-ring (bicyclic) bond motifs is 1. The first-order chi connectivity index (χ1) is 8.18. The first-order valence-corrected chi connectivity index (χ1v) is 6.28. The fourth-order valence-electron chi connectivity index (χ4n) is 3.06. The zero-order chi connectivity index (χ0) is 12.0. The molecular formula is C14H19NO2. The Bertz CT molecular complexity index is 458. The average Bonchev–Trinajstić information content (AvgIpc) is 2.69. The van der Waals surface area contributed by atoms with Crippen molar-refractivity contribution in [2.24, 2.45) is 5.73 Å². The van der Waals surface area contributed by atoms with Crippen molar-refractivity contribution in [2.75, 3.05) is 13.3 Å². The van der Waals surface area contributed by atoms with E-state index in [0.717, 1.165) is 11.5 Å². The monoisotopic (exact) mass is 233 g/mol. The van der Waals surface area contributed by atoms with Gasteiger partial charge in [-0.15, -0.1) is 0 Å². The highest BCUT2D eigenvalue weighted by atomic mass is 16.7. The lowest BCUT2D eigenvalue weighted by Gasteiger charge is -2.43. The number of aryl methyl sites for hydroxylation is 1. The Hall–Kier alpha value is -1.22. The minimum absolute atomic E-state index is 0.133. The fraction of sp³-hybridized carbons (Fsp3) is 0.571. The molecule has 92 valence electrons. The van der Waals surface area contributed by atoms with E-state index in [1.165, 1.54) is 36.0 Å². The summed E-state index contributed by atoms with van der Waals surface area (Å²) in [6.45, 7) is 5.34. The van der Waals surface area contributed by atoms with Gasteiger partial charge in [0.1, 0.15) is 0 Å². The van der Waals surface area contributed by atoms with Crippen LogP contribution in [0.5, 0.6) is 11.5 Å². The van der Waals surface area contributed by atoms with Gasteiger partial charge in [-0.25, -0.2) is 0 Å². The molecule has 1 aromatic carbocycles. The second kappa shape index (κ2) is 3.64. The van der Waals surface area contributed by atoms with Crippen LogP contribution in [0.1, 0.15) is 36.0 Å². The molecular weight excluding hydrogens is 214 g/mol. The molecule has 0 atom stereocenters. The molecule has 0 saturated heterocycles. The molecule has 1 fully saturated rings. The van der Waals surface area contributed by atoms with Crippen molar-refractivity contribution < 1.29 is 9.47 Å². The summed E-state index contributed by atoms with van der Waals surface area (Å²) in [4.78, 5) is 0. The number of benzene rings is 1. The van der Waals surface area contributed by atoms with Gasteiger partial charge in [0.2, 0.25) is 6.79 Å². The molecule has 3 rings (SSSR count). The molecule has 0 spiro atoms. The lowest BCUT2D eigenvalue weighted by atomic mass is 9.63. The number of hydrogen-bond acceptors (Lipinski definition) is 3. The first kappa shape index (κ1) is 10.9. The second-order valence-electron chi connectivity index (χ2n) is 5.27. The summed E-state index contributed by atoms with van der Waals surface area (Å²) in [6, 6.07) is 2.07.